The van der Waals surface area contributed by atoms with E-state index in [0.717, 1.165) is 11.8 Å². The Morgan fingerprint density at radius 2 is 1.91 bits per heavy atom. The third kappa shape index (κ3) is 2.91. The van der Waals surface area contributed by atoms with Gasteiger partial charge in [-0.3, -0.25) is 14.5 Å². The van der Waals surface area contributed by atoms with Crippen molar-refractivity contribution in [1.82, 2.24) is 15.1 Å². The maximum Gasteiger partial charge on any atom is 0.336 e. The number of hydrogen-bond donors (Lipinski definition) is 0. The molecule has 0 spiro atoms. The van der Waals surface area contributed by atoms with Gasteiger partial charge in [0, 0.05) is 14.0 Å². The molecule has 0 N–H and O–H groups in total. The maximum atomic E-state index is 12.2. The Kier molecular flexibility index (Phi) is 4.39. The molecule has 126 valence electrons. The monoisotopic (exact) mass is 362 g/mol. The quantitative estimate of drug-likeness (QED) is 0.416. The van der Waals surface area contributed by atoms with E-state index in [9.17, 15) is 22.8 Å². The van der Waals surface area contributed by atoms with Gasteiger partial charge in [0.25, 0.3) is 12.1 Å². The minimum atomic E-state index is -3.67. The molecule has 1 aromatic rings. The third-order valence-corrected chi connectivity index (χ3v) is 6.46. The summed E-state index contributed by atoms with van der Waals surface area (Å²) in [6.45, 7) is 4.06. The summed E-state index contributed by atoms with van der Waals surface area (Å²) in [5, 5.41) is 6.23. The lowest BCUT2D eigenvalue weighted by molar-refractivity contribution is -0.157. The summed E-state index contributed by atoms with van der Waals surface area (Å²) < 4.78 is 28.6. The van der Waals surface area contributed by atoms with Gasteiger partial charge < -0.3 is 4.74 Å². The number of nitrogens with zero attached hydrogens (tertiary/aromatic N) is 4. The second-order valence-electron chi connectivity index (χ2n) is 4.97. The van der Waals surface area contributed by atoms with Crippen LogP contribution in [0.5, 0.6) is 0 Å². The average molecular weight is 362 g/mol. The van der Waals surface area contributed by atoms with Crippen molar-refractivity contribution in [2.45, 2.75) is 36.6 Å². The number of urea groups is 1. The second-order valence-corrected chi connectivity index (χ2v) is 8.61. The van der Waals surface area contributed by atoms with Crippen LogP contribution >= 0.6 is 11.3 Å². The minimum absolute atomic E-state index is 0.194. The van der Waals surface area contributed by atoms with Gasteiger partial charge in [0.15, 0.2) is 0 Å². The van der Waals surface area contributed by atoms with E-state index in [4.69, 9.17) is 4.74 Å². The fraction of sp³-hybridized carbons (Fsp3) is 0.545. The first-order valence-corrected chi connectivity index (χ1v) is 8.79. The number of sulfone groups is 1. The van der Waals surface area contributed by atoms with Gasteiger partial charge in [-0.2, -0.15) is 4.90 Å². The van der Waals surface area contributed by atoms with Gasteiger partial charge in [-0.25, -0.2) is 13.2 Å². The first-order chi connectivity index (χ1) is 10.6. The zero-order valence-corrected chi connectivity index (χ0v) is 14.3. The predicted octanol–water partition coefficient (Wildman–Crippen LogP) is 0.00780. The smallest absolute Gasteiger partial charge is 0.336 e. The Bertz CT molecular complexity index is 771. The lowest BCUT2D eigenvalue weighted by Gasteiger charge is -2.14. The van der Waals surface area contributed by atoms with E-state index in [1.165, 1.54) is 20.9 Å². The molecule has 1 atom stereocenters. The van der Waals surface area contributed by atoms with Crippen molar-refractivity contribution in [1.29, 1.82) is 0 Å². The third-order valence-electron chi connectivity index (χ3n) is 3.01. The molecule has 1 aromatic heterocycles. The van der Waals surface area contributed by atoms with Crippen LogP contribution in [0.3, 0.4) is 0 Å². The number of esters is 1. The van der Waals surface area contributed by atoms with Crippen LogP contribution in [0.15, 0.2) is 4.34 Å². The summed E-state index contributed by atoms with van der Waals surface area (Å²) in [5.74, 6) is -1.57. The van der Waals surface area contributed by atoms with E-state index in [1.807, 2.05) is 0 Å². The van der Waals surface area contributed by atoms with Crippen LogP contribution in [0.4, 0.5) is 9.93 Å². The number of rotatable bonds is 4. The molecular formula is C11H14N4O6S2. The fourth-order valence-electron chi connectivity index (χ4n) is 1.70. The Morgan fingerprint density at radius 3 is 2.43 bits per heavy atom. The average Bonchev–Trinajstić information content (AvgIpc) is 2.99. The molecule has 0 aliphatic carbocycles. The Labute approximate surface area is 136 Å². The van der Waals surface area contributed by atoms with Crippen LogP contribution in [-0.2, 0) is 24.2 Å². The van der Waals surface area contributed by atoms with Crippen molar-refractivity contribution < 1.29 is 27.5 Å². The molecule has 2 rings (SSSR count). The molecule has 0 radical (unpaired) electrons. The van der Waals surface area contributed by atoms with Crippen molar-refractivity contribution in [2.75, 3.05) is 11.9 Å². The summed E-state index contributed by atoms with van der Waals surface area (Å²) in [5.41, 5.74) is 0. The molecule has 23 heavy (non-hydrogen) atoms. The molecule has 0 bridgehead atoms. The van der Waals surface area contributed by atoms with Gasteiger partial charge in [-0.05, 0) is 13.8 Å². The van der Waals surface area contributed by atoms with Crippen LogP contribution in [0, 0.1) is 0 Å². The van der Waals surface area contributed by atoms with E-state index in [1.54, 1.807) is 0 Å². The van der Waals surface area contributed by atoms with Gasteiger partial charge in [0.1, 0.15) is 0 Å². The molecule has 12 heteroatoms. The number of ether oxygens (including phenoxy) is 1. The van der Waals surface area contributed by atoms with Crippen molar-refractivity contribution in [3.8, 4) is 0 Å². The van der Waals surface area contributed by atoms with Crippen molar-refractivity contribution >= 4 is 44.2 Å². The Balaban J connectivity index is 2.36. The fourth-order valence-corrected chi connectivity index (χ4v) is 4.10. The predicted molar refractivity (Wildman–Crippen MR) is 78.4 cm³/mol. The van der Waals surface area contributed by atoms with Crippen LogP contribution in [-0.4, -0.2) is 59.9 Å². The van der Waals surface area contributed by atoms with Crippen LogP contribution in [0.1, 0.15) is 20.8 Å². The van der Waals surface area contributed by atoms with Crippen LogP contribution < -0.4 is 4.90 Å². The van der Waals surface area contributed by atoms with Gasteiger partial charge >= 0.3 is 12.0 Å². The van der Waals surface area contributed by atoms with E-state index < -0.39 is 39.2 Å². The van der Waals surface area contributed by atoms with Crippen molar-refractivity contribution in [2.24, 2.45) is 0 Å². The molecule has 2 heterocycles. The number of carbonyl (C=O) groups excluding carboxylic acids is 3. The molecule has 1 unspecified atom stereocenters. The summed E-state index contributed by atoms with van der Waals surface area (Å²) in [6, 6.07) is -0.786. The summed E-state index contributed by atoms with van der Waals surface area (Å²) in [4.78, 5) is 36.9. The highest BCUT2D eigenvalue weighted by Crippen LogP contribution is 2.30. The second kappa shape index (κ2) is 5.85. The summed E-state index contributed by atoms with van der Waals surface area (Å²) >= 11 is 0.603. The van der Waals surface area contributed by atoms with E-state index in [0.29, 0.717) is 16.2 Å². The Hall–Kier alpha value is -2.08. The highest BCUT2D eigenvalue weighted by Gasteiger charge is 2.48. The zero-order chi connectivity index (χ0) is 17.5. The van der Waals surface area contributed by atoms with Crippen LogP contribution in [0.2, 0.25) is 0 Å². The topological polar surface area (TPSA) is 127 Å². The lowest BCUT2D eigenvalue weighted by atomic mass is 10.5. The zero-order valence-electron chi connectivity index (χ0n) is 12.7. The molecule has 10 nitrogen and oxygen atoms in total. The molecule has 1 aliphatic rings. The maximum absolute atomic E-state index is 12.2. The highest BCUT2D eigenvalue weighted by molar-refractivity contribution is 7.93. The van der Waals surface area contributed by atoms with E-state index in [2.05, 4.69) is 10.2 Å². The normalized spacial score (nSPS) is 18.9. The molecule has 0 aromatic carbocycles. The van der Waals surface area contributed by atoms with E-state index in [-0.39, 0.29) is 9.47 Å². The van der Waals surface area contributed by atoms with E-state index >= 15 is 0 Å². The number of hydrogen-bond acceptors (Lipinski definition) is 9. The molecular weight excluding hydrogens is 348 g/mol. The molecule has 1 aliphatic heterocycles. The van der Waals surface area contributed by atoms with Gasteiger partial charge in [0.05, 0.1) is 5.25 Å². The largest absolute Gasteiger partial charge is 0.432 e. The van der Waals surface area contributed by atoms with Gasteiger partial charge in [-0.1, -0.05) is 11.3 Å². The molecule has 3 amide bonds. The Morgan fingerprint density at radius 1 is 1.30 bits per heavy atom. The van der Waals surface area contributed by atoms with Crippen molar-refractivity contribution in [3.63, 3.8) is 0 Å². The van der Waals surface area contributed by atoms with Gasteiger partial charge in [0.2, 0.25) is 19.3 Å². The molecule has 1 fully saturated rings. The first kappa shape index (κ1) is 17.3. The lowest BCUT2D eigenvalue weighted by Crippen LogP contribution is -2.35. The SMILES string of the molecule is CC(=O)OC1C(=O)N(c2nnc(S(=O)(=O)C(C)C)s2)C(=O)N1C. The minimum Gasteiger partial charge on any atom is -0.432 e. The van der Waals surface area contributed by atoms with Crippen molar-refractivity contribution in [3.05, 3.63) is 0 Å². The molecule has 0 saturated carbocycles. The summed E-state index contributed by atoms with van der Waals surface area (Å²) in [7, 11) is -2.39. The number of likely N-dealkylation sites (N-methyl/N-ethyl adjacent to an activating group) is 1. The van der Waals surface area contributed by atoms with Gasteiger partial charge in [-0.15, -0.1) is 10.2 Å². The number of carbonyl (C=O) groups is 3. The first-order valence-electron chi connectivity index (χ1n) is 6.42. The number of anilines is 1. The highest BCUT2D eigenvalue weighted by atomic mass is 32.2. The standard InChI is InChI=1S/C11H14N4O6S2/c1-5(2)23(19,20)10-13-12-9(22-10)15-7(17)8(21-6(3)16)14(4)11(15)18/h5,8H,1-4H3. The number of imide groups is 1. The summed E-state index contributed by atoms with van der Waals surface area (Å²) in [6.07, 6.45) is -1.41. The number of amides is 3. The molecule has 1 saturated heterocycles. The van der Waals surface area contributed by atoms with Crippen LogP contribution in [0.25, 0.3) is 0 Å². The number of aromatic nitrogens is 2.